The van der Waals surface area contributed by atoms with E-state index in [0.717, 1.165) is 5.56 Å². The highest BCUT2D eigenvalue weighted by atomic mass is 28.4. The average Bonchev–Trinajstić information content (AvgIpc) is 3.19. The summed E-state index contributed by atoms with van der Waals surface area (Å²) < 4.78 is 24.0. The summed E-state index contributed by atoms with van der Waals surface area (Å²) in [6.45, 7) is 6.14. The van der Waals surface area contributed by atoms with Crippen LogP contribution in [-0.2, 0) is 10.0 Å². The van der Waals surface area contributed by atoms with E-state index < -0.39 is 25.9 Å². The number of benzene rings is 3. The van der Waals surface area contributed by atoms with Crippen LogP contribution in [0.5, 0.6) is 17.2 Å². The van der Waals surface area contributed by atoms with Gasteiger partial charge in [0.05, 0.1) is 20.3 Å². The summed E-state index contributed by atoms with van der Waals surface area (Å²) in [6, 6.07) is 24.9. The number of methoxy groups -OCH3 is 2. The molecule has 0 radical (unpaired) electrons. The maximum Gasteiger partial charge on any atom is 0.219 e. The van der Waals surface area contributed by atoms with Gasteiger partial charge in [-0.05, 0) is 31.6 Å². The van der Waals surface area contributed by atoms with Gasteiger partial charge < -0.3 is 18.6 Å². The third-order valence-corrected chi connectivity index (χ3v) is 7.31. The van der Waals surface area contributed by atoms with Gasteiger partial charge in [0.15, 0.2) is 8.32 Å². The van der Waals surface area contributed by atoms with E-state index in [4.69, 9.17) is 18.6 Å². The standard InChI is InChI=1S/C29H31NO5Si/c1-32-22-17-25(33-2)27-26(18-22)34-29(28(27)31,21-14-10-7-11-15-21)24(20-12-8-6-9-13-20)16-23(19-30)35-36(3,4)5/h6-15,17-18,23-24H,16H2,1-5H3/t23?,24-,29-/m0/s1. The molecule has 0 saturated heterocycles. The van der Waals surface area contributed by atoms with Gasteiger partial charge in [-0.2, -0.15) is 5.26 Å². The van der Waals surface area contributed by atoms with E-state index in [9.17, 15) is 10.1 Å². The molecule has 1 aliphatic heterocycles. The van der Waals surface area contributed by atoms with Crippen molar-refractivity contribution in [2.45, 2.75) is 43.7 Å². The molecule has 0 aliphatic carbocycles. The SMILES string of the molecule is COc1cc(OC)c2c(c1)O[C@@](c1ccccc1)([C@@H](CC(C#N)O[Si](C)(C)C)c1ccccc1)C2=O. The molecule has 36 heavy (non-hydrogen) atoms. The van der Waals surface area contributed by atoms with Crippen LogP contribution in [0.1, 0.15) is 33.8 Å². The summed E-state index contributed by atoms with van der Waals surface area (Å²) in [5.41, 5.74) is 0.518. The minimum atomic E-state index is -2.04. The lowest BCUT2D eigenvalue weighted by molar-refractivity contribution is 0.0345. The van der Waals surface area contributed by atoms with E-state index in [1.807, 2.05) is 80.3 Å². The highest BCUT2D eigenvalue weighted by molar-refractivity contribution is 6.69. The number of ketones is 1. The number of rotatable bonds is 9. The lowest BCUT2D eigenvalue weighted by Gasteiger charge is -2.38. The molecule has 0 fully saturated rings. The number of Topliss-reactive ketones (excluding diaryl/α,β-unsaturated/α-hetero) is 1. The molecule has 3 aromatic rings. The molecular formula is C29H31NO5Si. The smallest absolute Gasteiger partial charge is 0.219 e. The van der Waals surface area contributed by atoms with E-state index >= 15 is 0 Å². The van der Waals surface area contributed by atoms with E-state index in [1.165, 1.54) is 7.11 Å². The Morgan fingerprint density at radius 1 is 0.972 bits per heavy atom. The van der Waals surface area contributed by atoms with Crippen LogP contribution in [0.2, 0.25) is 19.6 Å². The fourth-order valence-electron chi connectivity index (χ4n) is 4.85. The average molecular weight is 502 g/mol. The lowest BCUT2D eigenvalue weighted by Crippen LogP contribution is -2.45. The van der Waals surface area contributed by atoms with Crippen molar-refractivity contribution < 1.29 is 23.4 Å². The molecule has 0 bridgehead atoms. The summed E-state index contributed by atoms with van der Waals surface area (Å²) in [5.74, 6) is 0.560. The summed E-state index contributed by atoms with van der Waals surface area (Å²) in [4.78, 5) is 14.5. The third kappa shape index (κ3) is 4.75. The first-order valence-corrected chi connectivity index (χ1v) is 15.3. The number of carbonyl (C=O) groups excluding carboxylic acids is 1. The Morgan fingerprint density at radius 3 is 2.17 bits per heavy atom. The molecule has 3 aromatic carbocycles. The number of hydrogen-bond donors (Lipinski definition) is 0. The van der Waals surface area contributed by atoms with Crippen molar-refractivity contribution in [3.8, 4) is 23.3 Å². The second kappa shape index (κ2) is 10.2. The Kier molecular flexibility index (Phi) is 7.20. The second-order valence-corrected chi connectivity index (χ2v) is 14.2. The molecule has 0 aromatic heterocycles. The number of nitriles is 1. The summed E-state index contributed by atoms with van der Waals surface area (Å²) in [6.07, 6.45) is -0.433. The van der Waals surface area contributed by atoms with Gasteiger partial charge in [0.1, 0.15) is 28.9 Å². The summed E-state index contributed by atoms with van der Waals surface area (Å²) in [7, 11) is 1.03. The normalized spacial score (nSPS) is 18.5. The predicted molar refractivity (Wildman–Crippen MR) is 140 cm³/mol. The van der Waals surface area contributed by atoms with Gasteiger partial charge in [-0.1, -0.05) is 60.7 Å². The van der Waals surface area contributed by atoms with Gasteiger partial charge in [-0.3, -0.25) is 4.79 Å². The van der Waals surface area contributed by atoms with Crippen LogP contribution in [0.25, 0.3) is 0 Å². The number of hydrogen-bond acceptors (Lipinski definition) is 6. The van der Waals surface area contributed by atoms with Crippen molar-refractivity contribution in [2.24, 2.45) is 0 Å². The summed E-state index contributed by atoms with van der Waals surface area (Å²) in [5, 5.41) is 10.1. The highest BCUT2D eigenvalue weighted by Gasteiger charge is 2.57. The first kappa shape index (κ1) is 25.5. The minimum absolute atomic E-state index is 0.221. The Balaban J connectivity index is 1.95. The van der Waals surface area contributed by atoms with Crippen LogP contribution >= 0.6 is 0 Å². The monoisotopic (exact) mass is 501 g/mol. The Hall–Kier alpha value is -3.60. The van der Waals surface area contributed by atoms with Crippen LogP contribution < -0.4 is 14.2 Å². The molecule has 1 aliphatic rings. The first-order valence-electron chi connectivity index (χ1n) is 11.9. The first-order chi connectivity index (χ1) is 17.2. The predicted octanol–water partition coefficient (Wildman–Crippen LogP) is 6.09. The Morgan fingerprint density at radius 2 is 1.61 bits per heavy atom. The maximum absolute atomic E-state index is 14.5. The quantitative estimate of drug-likeness (QED) is 0.330. The van der Waals surface area contributed by atoms with Crippen molar-refractivity contribution in [1.29, 1.82) is 5.26 Å². The van der Waals surface area contributed by atoms with Crippen LogP contribution in [0.4, 0.5) is 0 Å². The molecule has 7 heteroatoms. The van der Waals surface area contributed by atoms with E-state index in [0.29, 0.717) is 28.4 Å². The van der Waals surface area contributed by atoms with Gasteiger partial charge in [-0.15, -0.1) is 0 Å². The van der Waals surface area contributed by atoms with Crippen LogP contribution in [-0.4, -0.2) is 34.4 Å². The number of ether oxygens (including phenoxy) is 3. The molecule has 0 amide bonds. The fraction of sp³-hybridized carbons (Fsp3) is 0.310. The maximum atomic E-state index is 14.5. The Labute approximate surface area is 213 Å². The van der Waals surface area contributed by atoms with Gasteiger partial charge in [0.25, 0.3) is 0 Å². The zero-order chi connectivity index (χ0) is 25.9. The molecule has 0 N–H and O–H groups in total. The lowest BCUT2D eigenvalue weighted by atomic mass is 9.71. The molecule has 1 heterocycles. The minimum Gasteiger partial charge on any atom is -0.496 e. The Bertz CT molecular complexity index is 1270. The largest absolute Gasteiger partial charge is 0.496 e. The molecule has 0 spiro atoms. The van der Waals surface area contributed by atoms with E-state index in [-0.39, 0.29) is 12.2 Å². The number of carbonyl (C=O) groups is 1. The number of nitrogens with zero attached hydrogens (tertiary/aromatic N) is 1. The van der Waals surface area contributed by atoms with Gasteiger partial charge in [0, 0.05) is 23.6 Å². The zero-order valence-electron chi connectivity index (χ0n) is 21.3. The molecule has 4 rings (SSSR count). The van der Waals surface area contributed by atoms with Gasteiger partial charge in [-0.25, -0.2) is 0 Å². The van der Waals surface area contributed by atoms with Crippen LogP contribution in [0.15, 0.2) is 72.8 Å². The van der Waals surface area contributed by atoms with Gasteiger partial charge >= 0.3 is 0 Å². The van der Waals surface area contributed by atoms with Gasteiger partial charge in [0.2, 0.25) is 11.4 Å². The van der Waals surface area contributed by atoms with E-state index in [2.05, 4.69) is 6.07 Å². The third-order valence-electron chi connectivity index (χ3n) is 6.32. The molecule has 1 unspecified atom stereocenters. The van der Waals surface area contributed by atoms with Crippen molar-refractivity contribution in [3.05, 3.63) is 89.5 Å². The van der Waals surface area contributed by atoms with Crippen LogP contribution in [0.3, 0.4) is 0 Å². The van der Waals surface area contributed by atoms with Crippen LogP contribution in [0, 0.1) is 11.3 Å². The molecular weight excluding hydrogens is 470 g/mol. The summed E-state index contributed by atoms with van der Waals surface area (Å²) >= 11 is 0. The fourth-order valence-corrected chi connectivity index (χ4v) is 5.85. The zero-order valence-corrected chi connectivity index (χ0v) is 22.3. The van der Waals surface area contributed by atoms with E-state index in [1.54, 1.807) is 19.2 Å². The highest BCUT2D eigenvalue weighted by Crippen LogP contribution is 2.54. The molecule has 3 atom stereocenters. The molecule has 186 valence electrons. The van der Waals surface area contributed by atoms with Crippen molar-refractivity contribution >= 4 is 14.1 Å². The molecule has 0 saturated carbocycles. The van der Waals surface area contributed by atoms with Crippen molar-refractivity contribution in [1.82, 2.24) is 0 Å². The van der Waals surface area contributed by atoms with Crippen molar-refractivity contribution in [2.75, 3.05) is 14.2 Å². The topological polar surface area (TPSA) is 77.8 Å². The second-order valence-electron chi connectivity index (χ2n) is 9.78. The molecule has 6 nitrogen and oxygen atoms in total. The van der Waals surface area contributed by atoms with Crippen molar-refractivity contribution in [3.63, 3.8) is 0 Å². The number of fused-ring (bicyclic) bond motifs is 1.